The molecule has 0 saturated heterocycles. The number of rotatable bonds is 3. The average Bonchev–Trinajstić information content (AvgIpc) is 2.55. The molecule has 0 unspecified atom stereocenters. The van der Waals surface area contributed by atoms with Crippen molar-refractivity contribution in [3.8, 4) is 0 Å². The first-order valence-corrected chi connectivity index (χ1v) is 7.89. The molecule has 116 valence electrons. The Morgan fingerprint density at radius 2 is 1.57 bits per heavy atom. The van der Waals surface area contributed by atoms with Crippen molar-refractivity contribution in [2.24, 2.45) is 7.05 Å². The number of hydrogen-bond donors (Lipinski definition) is 0. The van der Waals surface area contributed by atoms with E-state index in [1.807, 2.05) is 0 Å². The van der Waals surface area contributed by atoms with Crippen LogP contribution < -0.4 is 9.47 Å². The monoisotopic (exact) mass is 303 g/mol. The Morgan fingerprint density at radius 1 is 0.870 bits per heavy atom. The fraction of sp³-hybridized carbons (Fsp3) is 0.190. The molecular formula is C21H23N2+. The fourth-order valence-electron chi connectivity index (χ4n) is 2.74. The van der Waals surface area contributed by atoms with E-state index in [1.165, 1.54) is 33.4 Å². The number of anilines is 1. The Kier molecular flexibility index (Phi) is 4.16. The van der Waals surface area contributed by atoms with Crippen LogP contribution in [0.15, 0.2) is 54.6 Å². The maximum Gasteiger partial charge on any atom is 0.212 e. The lowest BCUT2D eigenvalue weighted by Gasteiger charge is -2.11. The maximum absolute atomic E-state index is 2.24. The summed E-state index contributed by atoms with van der Waals surface area (Å²) in [7, 11) is 6.24. The highest BCUT2D eigenvalue weighted by atomic mass is 15.1. The van der Waals surface area contributed by atoms with Gasteiger partial charge in [-0.05, 0) is 48.4 Å². The van der Waals surface area contributed by atoms with E-state index in [4.69, 9.17) is 0 Å². The van der Waals surface area contributed by atoms with Crippen LogP contribution in [0.2, 0.25) is 0 Å². The molecule has 0 fully saturated rings. The molecule has 2 nitrogen and oxygen atoms in total. The number of aryl methyl sites for hydroxylation is 2. The minimum Gasteiger partial charge on any atom is -0.378 e. The number of benzene rings is 2. The van der Waals surface area contributed by atoms with Crippen molar-refractivity contribution in [3.05, 3.63) is 71.4 Å². The highest BCUT2D eigenvalue weighted by Crippen LogP contribution is 2.16. The molecule has 0 spiro atoms. The first-order chi connectivity index (χ1) is 11.0. The van der Waals surface area contributed by atoms with Gasteiger partial charge in [-0.1, -0.05) is 18.2 Å². The number of fused-ring (bicyclic) bond motifs is 1. The van der Waals surface area contributed by atoms with E-state index in [1.54, 1.807) is 0 Å². The zero-order valence-corrected chi connectivity index (χ0v) is 14.2. The van der Waals surface area contributed by atoms with Crippen LogP contribution in [-0.2, 0) is 7.05 Å². The van der Waals surface area contributed by atoms with Crippen molar-refractivity contribution in [1.82, 2.24) is 0 Å². The molecule has 0 saturated carbocycles. The Labute approximate surface area is 138 Å². The third-order valence-electron chi connectivity index (χ3n) is 4.22. The Balaban J connectivity index is 1.93. The van der Waals surface area contributed by atoms with Crippen LogP contribution in [0.1, 0.15) is 16.8 Å². The first-order valence-electron chi connectivity index (χ1n) is 7.89. The molecule has 1 heterocycles. The summed E-state index contributed by atoms with van der Waals surface area (Å²) in [5.41, 5.74) is 6.16. The van der Waals surface area contributed by atoms with Crippen LogP contribution in [0.4, 0.5) is 5.69 Å². The number of hydrogen-bond acceptors (Lipinski definition) is 1. The van der Waals surface area contributed by atoms with E-state index >= 15 is 0 Å². The van der Waals surface area contributed by atoms with Gasteiger partial charge in [-0.2, -0.15) is 4.57 Å². The van der Waals surface area contributed by atoms with Gasteiger partial charge in [0.15, 0.2) is 0 Å². The molecule has 2 heteroatoms. The Hall–Kier alpha value is -2.61. The van der Waals surface area contributed by atoms with Crippen molar-refractivity contribution in [1.29, 1.82) is 0 Å². The van der Waals surface area contributed by atoms with Crippen LogP contribution in [0.3, 0.4) is 0 Å². The van der Waals surface area contributed by atoms with Crippen molar-refractivity contribution in [2.45, 2.75) is 6.92 Å². The summed E-state index contributed by atoms with van der Waals surface area (Å²) in [6.07, 6.45) is 4.34. The first kappa shape index (κ1) is 15.3. The van der Waals surface area contributed by atoms with Gasteiger partial charge < -0.3 is 4.90 Å². The Morgan fingerprint density at radius 3 is 2.26 bits per heavy atom. The van der Waals surface area contributed by atoms with Gasteiger partial charge in [0.05, 0.1) is 0 Å². The van der Waals surface area contributed by atoms with Gasteiger partial charge in [0.2, 0.25) is 11.2 Å². The van der Waals surface area contributed by atoms with E-state index in [-0.39, 0.29) is 0 Å². The van der Waals surface area contributed by atoms with Crippen LogP contribution >= 0.6 is 0 Å². The largest absolute Gasteiger partial charge is 0.378 e. The topological polar surface area (TPSA) is 7.12 Å². The van der Waals surface area contributed by atoms with Crippen LogP contribution in [0.25, 0.3) is 23.1 Å². The van der Waals surface area contributed by atoms with E-state index in [0.29, 0.717) is 0 Å². The molecule has 0 radical (unpaired) electrons. The van der Waals surface area contributed by atoms with Crippen LogP contribution in [0.5, 0.6) is 0 Å². The van der Waals surface area contributed by atoms with Crippen LogP contribution in [0, 0.1) is 6.92 Å². The second-order valence-corrected chi connectivity index (χ2v) is 6.20. The maximum atomic E-state index is 2.24. The van der Waals surface area contributed by atoms with Gasteiger partial charge in [0.25, 0.3) is 0 Å². The normalized spacial score (nSPS) is 11.3. The van der Waals surface area contributed by atoms with E-state index in [2.05, 4.69) is 104 Å². The summed E-state index contributed by atoms with van der Waals surface area (Å²) in [6, 6.07) is 19.5. The molecule has 0 aliphatic heterocycles. The molecule has 23 heavy (non-hydrogen) atoms. The van der Waals surface area contributed by atoms with Crippen molar-refractivity contribution in [2.75, 3.05) is 19.0 Å². The highest BCUT2D eigenvalue weighted by molar-refractivity contribution is 5.78. The fourth-order valence-corrected chi connectivity index (χ4v) is 2.74. The minimum atomic E-state index is 1.19. The summed E-state index contributed by atoms with van der Waals surface area (Å²) < 4.78 is 2.24. The third-order valence-corrected chi connectivity index (χ3v) is 4.22. The zero-order valence-electron chi connectivity index (χ0n) is 14.2. The third kappa shape index (κ3) is 3.26. The van der Waals surface area contributed by atoms with Gasteiger partial charge in [-0.25, -0.2) is 0 Å². The summed E-state index contributed by atoms with van der Waals surface area (Å²) >= 11 is 0. The molecule has 0 amide bonds. The van der Waals surface area contributed by atoms with Gasteiger partial charge in [0, 0.05) is 43.4 Å². The standard InChI is InChI=1S/C21H23N2/c1-16-5-9-18-10-14-20(23(4)21(18)15-16)13-8-17-6-11-19(12-7-17)22(2)3/h5-15H,1-4H3/q+1. The van der Waals surface area contributed by atoms with Gasteiger partial charge >= 0.3 is 0 Å². The molecular weight excluding hydrogens is 280 g/mol. The zero-order chi connectivity index (χ0) is 16.4. The number of aromatic nitrogens is 1. The lowest BCUT2D eigenvalue weighted by Crippen LogP contribution is -2.32. The molecule has 0 N–H and O–H groups in total. The van der Waals surface area contributed by atoms with Crippen molar-refractivity contribution in [3.63, 3.8) is 0 Å². The Bertz CT molecular complexity index is 859. The van der Waals surface area contributed by atoms with Crippen LogP contribution in [-0.4, -0.2) is 14.1 Å². The highest BCUT2D eigenvalue weighted by Gasteiger charge is 2.09. The second-order valence-electron chi connectivity index (χ2n) is 6.20. The lowest BCUT2D eigenvalue weighted by molar-refractivity contribution is -0.646. The number of pyridine rings is 1. The molecule has 0 aliphatic carbocycles. The average molecular weight is 303 g/mol. The summed E-state index contributed by atoms with van der Waals surface area (Å²) in [4.78, 5) is 2.11. The molecule has 2 aromatic carbocycles. The predicted octanol–water partition coefficient (Wildman–Crippen LogP) is 4.21. The molecule has 1 aromatic heterocycles. The molecule has 0 aliphatic rings. The second kappa shape index (κ2) is 6.25. The smallest absolute Gasteiger partial charge is 0.212 e. The van der Waals surface area contributed by atoms with Crippen molar-refractivity contribution >= 4 is 28.7 Å². The minimum absolute atomic E-state index is 1.19. The van der Waals surface area contributed by atoms with Gasteiger partial charge in [-0.3, -0.25) is 0 Å². The summed E-state index contributed by atoms with van der Waals surface area (Å²) in [6.45, 7) is 2.13. The summed E-state index contributed by atoms with van der Waals surface area (Å²) in [5, 5.41) is 1.27. The molecule has 0 atom stereocenters. The molecule has 0 bridgehead atoms. The van der Waals surface area contributed by atoms with Gasteiger partial charge in [-0.15, -0.1) is 0 Å². The molecule has 3 rings (SSSR count). The lowest BCUT2D eigenvalue weighted by atomic mass is 10.1. The van der Waals surface area contributed by atoms with E-state index in [9.17, 15) is 0 Å². The van der Waals surface area contributed by atoms with Gasteiger partial charge in [0.1, 0.15) is 7.05 Å². The van der Waals surface area contributed by atoms with E-state index < -0.39 is 0 Å². The quantitative estimate of drug-likeness (QED) is 0.657. The SMILES string of the molecule is Cc1ccc2ccc(/C=C/c3ccc(N(C)C)cc3)[n+](C)c2c1. The molecule has 3 aromatic rings. The van der Waals surface area contributed by atoms with Crippen molar-refractivity contribution < 1.29 is 4.57 Å². The summed E-state index contributed by atoms with van der Waals surface area (Å²) in [5.74, 6) is 0. The predicted molar refractivity (Wildman–Crippen MR) is 99.6 cm³/mol. The number of nitrogens with zero attached hydrogens (tertiary/aromatic N) is 2. The van der Waals surface area contributed by atoms with E-state index in [0.717, 1.165) is 0 Å².